The molecule has 0 bridgehead atoms. The predicted molar refractivity (Wildman–Crippen MR) is 140 cm³/mol. The van der Waals surface area contributed by atoms with Gasteiger partial charge in [0.1, 0.15) is 5.56 Å². The number of amides is 3. The van der Waals surface area contributed by atoms with Crippen LogP contribution in [0.4, 0.5) is 10.8 Å². The van der Waals surface area contributed by atoms with Crippen molar-refractivity contribution in [3.8, 4) is 11.3 Å². The second kappa shape index (κ2) is 11.1. The zero-order chi connectivity index (χ0) is 25.8. The van der Waals surface area contributed by atoms with Crippen molar-refractivity contribution in [2.45, 2.75) is 39.0 Å². The summed E-state index contributed by atoms with van der Waals surface area (Å²) in [6.07, 6.45) is 2.77. The van der Waals surface area contributed by atoms with Crippen LogP contribution in [0.2, 0.25) is 0 Å². The zero-order valence-corrected chi connectivity index (χ0v) is 21.9. The predicted octanol–water partition coefficient (Wildman–Crippen LogP) is 5.84. The number of thiazole rings is 1. The van der Waals surface area contributed by atoms with Gasteiger partial charge < -0.3 is 5.32 Å². The molecule has 0 saturated carbocycles. The summed E-state index contributed by atoms with van der Waals surface area (Å²) in [5, 5.41) is 14.6. The molecular formula is C25H23BrN4O5S. The van der Waals surface area contributed by atoms with E-state index in [4.69, 9.17) is 0 Å². The molecule has 1 N–H and O–H groups in total. The van der Waals surface area contributed by atoms with Gasteiger partial charge in [-0.15, -0.1) is 11.3 Å². The maximum absolute atomic E-state index is 12.6. The third-order valence-electron chi connectivity index (χ3n) is 5.84. The minimum Gasteiger partial charge on any atom is -0.302 e. The number of carbonyl (C=O) groups is 3. The number of halogens is 1. The molecule has 1 aliphatic rings. The number of hydrogen-bond acceptors (Lipinski definition) is 7. The molecule has 2 aromatic carbocycles. The van der Waals surface area contributed by atoms with Gasteiger partial charge in [-0.1, -0.05) is 47.5 Å². The summed E-state index contributed by atoms with van der Waals surface area (Å²) < 4.78 is 0.984. The Morgan fingerprint density at radius 1 is 1.11 bits per heavy atom. The number of unbranched alkanes of at least 4 members (excludes halogenated alkanes) is 2. The van der Waals surface area contributed by atoms with Crippen LogP contribution in [0.15, 0.2) is 46.9 Å². The summed E-state index contributed by atoms with van der Waals surface area (Å²) in [6, 6.07) is 11.9. The minimum atomic E-state index is -0.653. The van der Waals surface area contributed by atoms with Crippen molar-refractivity contribution in [2.24, 2.45) is 0 Å². The molecule has 0 saturated heterocycles. The smallest absolute Gasteiger partial charge is 0.282 e. The van der Waals surface area contributed by atoms with Gasteiger partial charge in [0, 0.05) is 33.9 Å². The van der Waals surface area contributed by atoms with Crippen LogP contribution in [0.25, 0.3) is 11.3 Å². The number of nitrogens with zero attached hydrogens (tertiary/aromatic N) is 3. The second-order valence-electron chi connectivity index (χ2n) is 8.23. The lowest BCUT2D eigenvalue weighted by Crippen LogP contribution is -2.30. The quantitative estimate of drug-likeness (QED) is 0.141. The van der Waals surface area contributed by atoms with E-state index < -0.39 is 16.7 Å². The summed E-state index contributed by atoms with van der Waals surface area (Å²) in [6.45, 7) is 2.20. The van der Waals surface area contributed by atoms with Gasteiger partial charge in [0.25, 0.3) is 17.5 Å². The molecule has 186 valence electrons. The topological polar surface area (TPSA) is 123 Å². The number of rotatable bonds is 10. The van der Waals surface area contributed by atoms with Crippen LogP contribution in [0, 0.1) is 10.1 Å². The number of fused-ring (bicyclic) bond motifs is 1. The molecule has 0 atom stereocenters. The highest BCUT2D eigenvalue weighted by Crippen LogP contribution is 2.33. The summed E-state index contributed by atoms with van der Waals surface area (Å²) in [5.41, 5.74) is 1.41. The Hall–Kier alpha value is -3.44. The lowest BCUT2D eigenvalue weighted by Gasteiger charge is -2.13. The van der Waals surface area contributed by atoms with Gasteiger partial charge in [-0.3, -0.25) is 29.4 Å². The molecule has 1 aliphatic heterocycles. The number of hydrogen-bond donors (Lipinski definition) is 1. The number of anilines is 1. The van der Waals surface area contributed by atoms with Crippen molar-refractivity contribution >= 4 is 55.8 Å². The summed E-state index contributed by atoms with van der Waals surface area (Å²) >= 11 is 4.89. The van der Waals surface area contributed by atoms with E-state index in [0.29, 0.717) is 24.4 Å². The van der Waals surface area contributed by atoms with Gasteiger partial charge in [-0.25, -0.2) is 4.98 Å². The Balaban J connectivity index is 1.26. The Kier molecular flexibility index (Phi) is 7.90. The number of nitro benzene ring substituents is 1. The van der Waals surface area contributed by atoms with E-state index in [1.165, 1.54) is 29.5 Å². The molecule has 36 heavy (non-hydrogen) atoms. The molecule has 0 spiro atoms. The molecule has 0 fully saturated rings. The van der Waals surface area contributed by atoms with Gasteiger partial charge in [0.2, 0.25) is 5.91 Å². The van der Waals surface area contributed by atoms with Gasteiger partial charge in [0.05, 0.1) is 16.2 Å². The third-order valence-corrected chi connectivity index (χ3v) is 7.49. The number of nitro groups is 1. The molecule has 2 heterocycles. The number of carbonyl (C=O) groups excluding carboxylic acids is 3. The van der Waals surface area contributed by atoms with E-state index in [1.807, 2.05) is 31.2 Å². The number of benzene rings is 2. The average Bonchev–Trinajstić information content (AvgIpc) is 3.38. The maximum Gasteiger partial charge on any atom is 0.282 e. The van der Waals surface area contributed by atoms with Crippen LogP contribution in [0.5, 0.6) is 0 Å². The molecule has 1 aromatic heterocycles. The Morgan fingerprint density at radius 3 is 2.56 bits per heavy atom. The molecule has 3 aromatic rings. The van der Waals surface area contributed by atoms with Crippen molar-refractivity contribution in [2.75, 3.05) is 11.9 Å². The maximum atomic E-state index is 12.6. The van der Waals surface area contributed by atoms with Crippen LogP contribution < -0.4 is 5.32 Å². The minimum absolute atomic E-state index is 0.0611. The van der Waals surface area contributed by atoms with Crippen LogP contribution in [0.1, 0.15) is 58.2 Å². The van der Waals surface area contributed by atoms with Crippen LogP contribution in [-0.4, -0.2) is 39.1 Å². The van der Waals surface area contributed by atoms with E-state index in [0.717, 1.165) is 31.9 Å². The average molecular weight is 571 g/mol. The van der Waals surface area contributed by atoms with Crippen molar-refractivity contribution < 1.29 is 19.3 Å². The number of nitrogens with one attached hydrogen (secondary N) is 1. The Labute approximate surface area is 219 Å². The van der Waals surface area contributed by atoms with Crippen molar-refractivity contribution in [1.82, 2.24) is 9.88 Å². The lowest BCUT2D eigenvalue weighted by molar-refractivity contribution is -0.385. The molecule has 0 aliphatic carbocycles. The number of aryl methyl sites for hydroxylation is 1. The van der Waals surface area contributed by atoms with Crippen LogP contribution >= 0.6 is 27.3 Å². The molecule has 4 rings (SSSR count). The summed E-state index contributed by atoms with van der Waals surface area (Å²) in [7, 11) is 0. The number of imide groups is 1. The highest BCUT2D eigenvalue weighted by Gasteiger charge is 2.40. The van der Waals surface area contributed by atoms with Gasteiger partial charge >= 0.3 is 0 Å². The Morgan fingerprint density at radius 2 is 1.86 bits per heavy atom. The first-order valence-corrected chi connectivity index (χ1v) is 13.1. The fourth-order valence-electron chi connectivity index (χ4n) is 4.06. The second-order valence-corrected chi connectivity index (χ2v) is 10.2. The van der Waals surface area contributed by atoms with E-state index in [-0.39, 0.29) is 35.7 Å². The SMILES string of the molecule is CCc1sc(NC(=O)CCCCCN2C(=O)c3cccc([N+](=O)[O-])c3C2=O)nc1-c1ccc(Br)cc1. The van der Waals surface area contributed by atoms with Crippen molar-refractivity contribution in [3.05, 3.63) is 73.1 Å². The van der Waals surface area contributed by atoms with E-state index in [1.54, 1.807) is 0 Å². The molecule has 11 heteroatoms. The normalized spacial score (nSPS) is 12.7. The number of aromatic nitrogens is 1. The van der Waals surface area contributed by atoms with Crippen LogP contribution in [0.3, 0.4) is 0 Å². The fourth-order valence-corrected chi connectivity index (χ4v) is 5.27. The first-order chi connectivity index (χ1) is 17.3. The molecule has 0 radical (unpaired) electrons. The van der Waals surface area contributed by atoms with Crippen molar-refractivity contribution in [3.63, 3.8) is 0 Å². The van der Waals surface area contributed by atoms with Crippen LogP contribution in [-0.2, 0) is 11.2 Å². The van der Waals surface area contributed by atoms with Crippen molar-refractivity contribution in [1.29, 1.82) is 0 Å². The lowest BCUT2D eigenvalue weighted by atomic mass is 10.1. The standard InChI is InChI=1S/C25H23BrN4O5S/c1-2-19-22(15-10-12-16(26)13-11-15)28-25(36-19)27-20(31)9-4-3-5-14-29-23(32)17-7-6-8-18(30(34)35)21(17)24(29)33/h6-8,10-13H,2-5,9,14H2,1H3,(H,27,28,31). The summed E-state index contributed by atoms with van der Waals surface area (Å²) in [4.78, 5) is 54.9. The first-order valence-electron chi connectivity index (χ1n) is 11.5. The molecule has 9 nitrogen and oxygen atoms in total. The largest absolute Gasteiger partial charge is 0.302 e. The van der Waals surface area contributed by atoms with Gasteiger partial charge in [-0.2, -0.15) is 0 Å². The Bertz CT molecular complexity index is 1340. The van der Waals surface area contributed by atoms with Gasteiger partial charge in [-0.05, 0) is 37.5 Å². The first kappa shape index (κ1) is 25.6. The summed E-state index contributed by atoms with van der Waals surface area (Å²) in [5.74, 6) is -1.31. The monoisotopic (exact) mass is 570 g/mol. The molecular weight excluding hydrogens is 548 g/mol. The van der Waals surface area contributed by atoms with E-state index >= 15 is 0 Å². The fraction of sp³-hybridized carbons (Fsp3) is 0.280. The highest BCUT2D eigenvalue weighted by molar-refractivity contribution is 9.10. The van der Waals surface area contributed by atoms with E-state index in [9.17, 15) is 24.5 Å². The van der Waals surface area contributed by atoms with Gasteiger partial charge in [0.15, 0.2) is 5.13 Å². The highest BCUT2D eigenvalue weighted by atomic mass is 79.9. The molecule has 0 unspecified atom stereocenters. The van der Waals surface area contributed by atoms with E-state index in [2.05, 4.69) is 26.2 Å². The zero-order valence-electron chi connectivity index (χ0n) is 19.5. The third kappa shape index (κ3) is 5.36. The molecule has 3 amide bonds.